The van der Waals surface area contributed by atoms with Crippen molar-refractivity contribution in [1.29, 1.82) is 5.26 Å². The van der Waals surface area contributed by atoms with Crippen LogP contribution in [0.5, 0.6) is 11.8 Å². The molecule has 0 radical (unpaired) electrons. The molecule has 284 valence electrons. The van der Waals surface area contributed by atoms with Crippen molar-refractivity contribution in [2.75, 3.05) is 56.6 Å². The van der Waals surface area contributed by atoms with Gasteiger partial charge in [-0.05, 0) is 43.9 Å². The van der Waals surface area contributed by atoms with E-state index in [0.29, 0.717) is 38.9 Å². The SMILES string of the molecule is N#Cc1c(N)sc2c(F)ccc(-c3c(Cl)c4c5c(nc(OC[C@@]67CCCN6C[C@H](F)C7)nc5c3F)N(CC(F)F)C(C3CCCN3C(=O)[C@H]3CN3)CO4)c12. The van der Waals surface area contributed by atoms with Gasteiger partial charge in [0, 0.05) is 37.0 Å². The predicted octanol–water partition coefficient (Wildman–Crippen LogP) is 5.65. The van der Waals surface area contributed by atoms with Gasteiger partial charge in [-0.1, -0.05) is 17.7 Å². The lowest BCUT2D eigenvalue weighted by molar-refractivity contribution is -0.131. The van der Waals surface area contributed by atoms with Gasteiger partial charge < -0.3 is 30.3 Å². The molecule has 54 heavy (non-hydrogen) atoms. The molecule has 2 aromatic heterocycles. The molecule has 3 N–H and O–H groups in total. The number of ether oxygens (including phenoxy) is 2. The Balaban J connectivity index is 1.25. The minimum atomic E-state index is -2.88. The van der Waals surface area contributed by atoms with Crippen LogP contribution in [0.2, 0.25) is 5.02 Å². The quantitative estimate of drug-likeness (QED) is 0.170. The van der Waals surface area contributed by atoms with Gasteiger partial charge >= 0.3 is 6.01 Å². The van der Waals surface area contributed by atoms with E-state index in [1.165, 1.54) is 11.0 Å². The molecule has 11 nitrogen and oxygen atoms in total. The Kier molecular flexibility index (Phi) is 8.67. The summed E-state index contributed by atoms with van der Waals surface area (Å²) in [7, 11) is 0. The van der Waals surface area contributed by atoms with Gasteiger partial charge in [0.25, 0.3) is 6.43 Å². The largest absolute Gasteiger partial charge is 0.489 e. The van der Waals surface area contributed by atoms with Crippen LogP contribution in [0.4, 0.5) is 32.8 Å². The number of nitrogens with two attached hydrogens (primary N) is 1. The summed E-state index contributed by atoms with van der Waals surface area (Å²) in [4.78, 5) is 27.6. The lowest BCUT2D eigenvalue weighted by Crippen LogP contribution is -2.55. The van der Waals surface area contributed by atoms with Gasteiger partial charge in [-0.25, -0.2) is 22.0 Å². The number of nitrogens with zero attached hydrogens (tertiary/aromatic N) is 6. The highest BCUT2D eigenvalue weighted by Crippen LogP contribution is 2.52. The molecular weight excluding hydrogens is 755 g/mol. The van der Waals surface area contributed by atoms with Crippen molar-refractivity contribution < 1.29 is 36.2 Å². The lowest BCUT2D eigenvalue weighted by atomic mass is 9.95. The van der Waals surface area contributed by atoms with Gasteiger partial charge in [-0.15, -0.1) is 11.3 Å². The molecule has 2 unspecified atom stereocenters. The smallest absolute Gasteiger partial charge is 0.319 e. The van der Waals surface area contributed by atoms with E-state index in [1.54, 1.807) is 4.90 Å². The third-order valence-electron chi connectivity index (χ3n) is 11.5. The van der Waals surface area contributed by atoms with Gasteiger partial charge in [0.2, 0.25) is 5.91 Å². The molecule has 9 rings (SSSR count). The van der Waals surface area contributed by atoms with Crippen molar-refractivity contribution >= 4 is 60.7 Å². The van der Waals surface area contributed by atoms with Gasteiger partial charge in [0.05, 0.1) is 50.9 Å². The van der Waals surface area contributed by atoms with Crippen LogP contribution in [0.15, 0.2) is 12.1 Å². The maximum absolute atomic E-state index is 17.4. The molecule has 4 fully saturated rings. The predicted molar refractivity (Wildman–Crippen MR) is 192 cm³/mol. The molecule has 18 heteroatoms. The van der Waals surface area contributed by atoms with Crippen LogP contribution in [0, 0.1) is 23.0 Å². The van der Waals surface area contributed by atoms with Crippen LogP contribution in [-0.2, 0) is 4.79 Å². The fourth-order valence-electron chi connectivity index (χ4n) is 9.04. The Morgan fingerprint density at radius 1 is 1.22 bits per heavy atom. The first-order chi connectivity index (χ1) is 26.0. The van der Waals surface area contributed by atoms with E-state index < -0.39 is 48.4 Å². The maximum Gasteiger partial charge on any atom is 0.319 e. The highest BCUT2D eigenvalue weighted by molar-refractivity contribution is 7.23. The Morgan fingerprint density at radius 3 is 2.80 bits per heavy atom. The Bertz CT molecular complexity index is 2250. The number of amides is 1. The van der Waals surface area contributed by atoms with Gasteiger partial charge in [0.1, 0.15) is 47.6 Å². The maximum atomic E-state index is 17.4. The van der Waals surface area contributed by atoms with E-state index in [1.807, 2.05) is 11.0 Å². The third kappa shape index (κ3) is 5.58. The van der Waals surface area contributed by atoms with E-state index in [2.05, 4.69) is 15.3 Å². The first kappa shape index (κ1) is 35.5. The molecule has 0 saturated carbocycles. The Labute approximate surface area is 314 Å². The fourth-order valence-corrected chi connectivity index (χ4v) is 10.3. The molecule has 0 spiro atoms. The van der Waals surface area contributed by atoms with Crippen molar-refractivity contribution in [1.82, 2.24) is 25.1 Å². The highest BCUT2D eigenvalue weighted by atomic mass is 35.5. The summed E-state index contributed by atoms with van der Waals surface area (Å²) in [6, 6.07) is 2.24. The number of nitrogen functional groups attached to an aromatic ring is 1. The zero-order chi connectivity index (χ0) is 37.6. The molecule has 5 atom stereocenters. The third-order valence-corrected chi connectivity index (χ3v) is 12.9. The number of carbonyl (C=O) groups excluding carboxylic acids is 1. The molecule has 5 aliphatic heterocycles. The molecule has 2 aromatic carbocycles. The van der Waals surface area contributed by atoms with Crippen LogP contribution >= 0.6 is 22.9 Å². The number of aromatic nitrogens is 2. The summed E-state index contributed by atoms with van der Waals surface area (Å²) in [6.07, 6.45) is -1.11. The summed E-state index contributed by atoms with van der Waals surface area (Å²) in [5.41, 5.74) is 4.79. The standard InChI is InChI=1S/C36H34ClF5N8O3S/c37-27-25(17-4-5-19(39)31-24(17)18(10-43)32(44)54-31)28(42)29-26-30(27)52-14-22(21-3-1-8-49(21)34(51)20-11-45-20)50(13-23(40)41)33(26)47-35(46-29)53-15-36-6-2-7-48(36)12-16(38)9-36/h4-5,16,20-23,45H,1-3,6-9,11-15,44H2/t16-,20-,21?,22?,36+/m1/s1. The van der Waals surface area contributed by atoms with Crippen molar-refractivity contribution in [2.45, 2.75) is 68.4 Å². The second kappa shape index (κ2) is 13.2. The average Bonchev–Trinajstić information content (AvgIpc) is 3.48. The lowest BCUT2D eigenvalue weighted by Gasteiger charge is -2.38. The number of halogens is 6. The van der Waals surface area contributed by atoms with Crippen LogP contribution in [0.1, 0.15) is 37.7 Å². The molecule has 5 aliphatic rings. The van der Waals surface area contributed by atoms with Gasteiger partial charge in [0.15, 0.2) is 11.6 Å². The van der Waals surface area contributed by atoms with Crippen molar-refractivity contribution in [3.8, 4) is 29.0 Å². The summed E-state index contributed by atoms with van der Waals surface area (Å²) in [5.74, 6) is -2.07. The summed E-state index contributed by atoms with van der Waals surface area (Å²) < 4.78 is 89.1. The summed E-state index contributed by atoms with van der Waals surface area (Å²) >= 11 is 7.89. The number of rotatable bonds is 8. The second-order valence-electron chi connectivity index (χ2n) is 14.6. The number of nitrogens with one attached hydrogen (secondary N) is 1. The molecule has 0 bridgehead atoms. The van der Waals surface area contributed by atoms with Crippen molar-refractivity contribution in [3.63, 3.8) is 0 Å². The van der Waals surface area contributed by atoms with Crippen LogP contribution < -0.4 is 25.4 Å². The number of benzene rings is 2. The number of alkyl halides is 3. The van der Waals surface area contributed by atoms with Crippen LogP contribution in [0.3, 0.4) is 0 Å². The number of anilines is 2. The molecule has 1 amide bonds. The summed E-state index contributed by atoms with van der Waals surface area (Å²) in [5, 5.41) is 12.7. The number of hydrogen-bond donors (Lipinski definition) is 2. The molecular formula is C36H34ClF5N8O3S. The van der Waals surface area contributed by atoms with Crippen molar-refractivity contribution in [3.05, 3.63) is 34.4 Å². The average molecular weight is 789 g/mol. The van der Waals surface area contributed by atoms with E-state index in [0.717, 1.165) is 23.8 Å². The van der Waals surface area contributed by atoms with Gasteiger partial charge in [-0.2, -0.15) is 15.2 Å². The number of thiophene rings is 1. The van der Waals surface area contributed by atoms with E-state index in [4.69, 9.17) is 26.8 Å². The number of hydrogen-bond acceptors (Lipinski definition) is 11. The van der Waals surface area contributed by atoms with Crippen molar-refractivity contribution in [2.24, 2.45) is 0 Å². The molecule has 7 heterocycles. The number of nitriles is 1. The highest BCUT2D eigenvalue weighted by Gasteiger charge is 2.50. The van der Waals surface area contributed by atoms with E-state index in [9.17, 15) is 23.2 Å². The topological polar surface area (TPSA) is 143 Å². The van der Waals surface area contributed by atoms with Crippen LogP contribution in [0.25, 0.3) is 32.1 Å². The fraction of sp³-hybridized carbons (Fsp3) is 0.500. The van der Waals surface area contributed by atoms with E-state index >= 15 is 8.78 Å². The van der Waals surface area contributed by atoms with Crippen LogP contribution in [-0.4, -0.2) is 108 Å². The zero-order valence-electron chi connectivity index (χ0n) is 28.7. The monoisotopic (exact) mass is 788 g/mol. The molecule has 0 aliphatic carbocycles. The first-order valence-corrected chi connectivity index (χ1v) is 19.1. The number of likely N-dealkylation sites (tertiary alicyclic amines) is 1. The zero-order valence-corrected chi connectivity index (χ0v) is 30.3. The normalized spacial score (nSPS) is 26.4. The minimum absolute atomic E-state index is 0.0127. The summed E-state index contributed by atoms with van der Waals surface area (Å²) in [6.45, 7) is 0.758. The first-order valence-electron chi connectivity index (χ1n) is 17.9. The molecule has 4 aromatic rings. The van der Waals surface area contributed by atoms with E-state index in [-0.39, 0.29) is 103 Å². The number of fused-ring (bicyclic) bond motifs is 2. The Morgan fingerprint density at radius 2 is 2.04 bits per heavy atom. The number of carbonyl (C=O) groups is 1. The minimum Gasteiger partial charge on any atom is -0.489 e. The molecule has 4 saturated heterocycles. The second-order valence-corrected chi connectivity index (χ2v) is 16.1. The van der Waals surface area contributed by atoms with Gasteiger partial charge in [-0.3, -0.25) is 9.69 Å². The Hall–Kier alpha value is -4.24.